The van der Waals surface area contributed by atoms with Crippen LogP contribution in [0.15, 0.2) is 72.2 Å². The highest BCUT2D eigenvalue weighted by Gasteiger charge is 2.15. The topological polar surface area (TPSA) is 72.7 Å². The third-order valence-electron chi connectivity index (χ3n) is 4.81. The van der Waals surface area contributed by atoms with Crippen molar-refractivity contribution in [2.24, 2.45) is 4.99 Å². The molecular weight excluding hydrogens is 410 g/mol. The van der Waals surface area contributed by atoms with Crippen LogP contribution >= 0.6 is 11.3 Å². The average Bonchev–Trinajstić information content (AvgIpc) is 3.08. The predicted octanol–water partition coefficient (Wildman–Crippen LogP) is 4.75. The van der Waals surface area contributed by atoms with E-state index in [2.05, 4.69) is 16.9 Å². The minimum atomic E-state index is -0.381. The quantitative estimate of drug-likeness (QED) is 0.464. The summed E-state index contributed by atoms with van der Waals surface area (Å²) in [7, 11) is 1.54. The van der Waals surface area contributed by atoms with Crippen molar-refractivity contribution in [1.29, 1.82) is 0 Å². The maximum atomic E-state index is 13.1. The van der Waals surface area contributed by atoms with E-state index in [1.54, 1.807) is 19.3 Å². The van der Waals surface area contributed by atoms with Crippen molar-refractivity contribution < 1.29 is 14.3 Å². The summed E-state index contributed by atoms with van der Waals surface area (Å²) in [4.78, 5) is 29.5. The molecule has 3 aromatic carbocycles. The molecule has 6 nitrogen and oxygen atoms in total. The second kappa shape index (κ2) is 8.57. The summed E-state index contributed by atoms with van der Waals surface area (Å²) in [5.41, 5.74) is 2.01. The Hall–Kier alpha value is -3.71. The molecule has 0 spiro atoms. The smallest absolute Gasteiger partial charge is 0.283 e. The number of nitrogens with one attached hydrogen (secondary N) is 1. The van der Waals surface area contributed by atoms with Crippen LogP contribution in [0.3, 0.4) is 0 Å². The van der Waals surface area contributed by atoms with Gasteiger partial charge < -0.3 is 14.6 Å². The molecule has 0 aliphatic rings. The van der Waals surface area contributed by atoms with Gasteiger partial charge >= 0.3 is 0 Å². The second-order valence-electron chi connectivity index (χ2n) is 6.96. The Balaban J connectivity index is 1.85. The van der Waals surface area contributed by atoms with Crippen molar-refractivity contribution in [3.63, 3.8) is 0 Å². The number of carbonyl (C=O) groups excluding carboxylic acids is 2. The Morgan fingerprint density at radius 3 is 2.58 bits per heavy atom. The molecule has 2 amide bonds. The number of nitrogens with zero attached hydrogens (tertiary/aromatic N) is 2. The third kappa shape index (κ3) is 4.13. The van der Waals surface area contributed by atoms with Crippen LogP contribution in [-0.4, -0.2) is 23.5 Å². The van der Waals surface area contributed by atoms with Gasteiger partial charge in [0.1, 0.15) is 5.75 Å². The molecule has 156 valence electrons. The SMILES string of the molecule is C=CCn1c(=NC(=O)c2cc3ccccc3cc2OC)sc2cc(NC(C)=O)ccc21. The number of aromatic nitrogens is 1. The van der Waals surface area contributed by atoms with Gasteiger partial charge in [-0.2, -0.15) is 4.99 Å². The van der Waals surface area contributed by atoms with Gasteiger partial charge in [0.25, 0.3) is 5.91 Å². The van der Waals surface area contributed by atoms with E-state index in [0.29, 0.717) is 28.3 Å². The zero-order valence-corrected chi connectivity index (χ0v) is 18.0. The molecule has 0 unspecified atom stereocenters. The first-order valence-electron chi connectivity index (χ1n) is 9.68. The van der Waals surface area contributed by atoms with Gasteiger partial charge in [-0.05, 0) is 41.1 Å². The number of rotatable bonds is 5. The molecular formula is C24H21N3O3S. The van der Waals surface area contributed by atoms with Crippen molar-refractivity contribution in [2.45, 2.75) is 13.5 Å². The fourth-order valence-electron chi connectivity index (χ4n) is 3.45. The van der Waals surface area contributed by atoms with Gasteiger partial charge in [-0.3, -0.25) is 9.59 Å². The van der Waals surface area contributed by atoms with Crippen molar-refractivity contribution in [3.8, 4) is 5.75 Å². The van der Waals surface area contributed by atoms with Gasteiger partial charge in [-0.1, -0.05) is 41.7 Å². The lowest BCUT2D eigenvalue weighted by Gasteiger charge is -2.08. The molecule has 1 heterocycles. The average molecular weight is 432 g/mol. The summed E-state index contributed by atoms with van der Waals surface area (Å²) in [5, 5.41) is 4.71. The highest BCUT2D eigenvalue weighted by Crippen LogP contribution is 2.27. The number of fused-ring (bicyclic) bond motifs is 2. The number of carbonyl (C=O) groups is 2. The number of benzene rings is 3. The zero-order valence-electron chi connectivity index (χ0n) is 17.2. The minimum Gasteiger partial charge on any atom is -0.496 e. The largest absolute Gasteiger partial charge is 0.496 e. The Kier molecular flexibility index (Phi) is 5.68. The van der Waals surface area contributed by atoms with Crippen molar-refractivity contribution >= 4 is 49.8 Å². The molecule has 0 atom stereocenters. The van der Waals surface area contributed by atoms with E-state index in [0.717, 1.165) is 21.0 Å². The molecule has 0 aliphatic heterocycles. The van der Waals surface area contributed by atoms with E-state index < -0.39 is 0 Å². The number of allylic oxidation sites excluding steroid dienone is 1. The van der Waals surface area contributed by atoms with E-state index in [4.69, 9.17) is 4.74 Å². The van der Waals surface area contributed by atoms with Crippen LogP contribution in [0.5, 0.6) is 5.75 Å². The lowest BCUT2D eigenvalue weighted by atomic mass is 10.1. The lowest BCUT2D eigenvalue weighted by Crippen LogP contribution is -2.16. The van der Waals surface area contributed by atoms with E-state index >= 15 is 0 Å². The molecule has 0 saturated heterocycles. The summed E-state index contributed by atoms with van der Waals surface area (Å²) in [5.74, 6) is -0.0378. The van der Waals surface area contributed by atoms with Crippen LogP contribution in [0.1, 0.15) is 17.3 Å². The van der Waals surface area contributed by atoms with Crippen LogP contribution < -0.4 is 14.9 Å². The summed E-state index contributed by atoms with van der Waals surface area (Å²) >= 11 is 1.38. The van der Waals surface area contributed by atoms with Crippen LogP contribution in [0.25, 0.3) is 21.0 Å². The number of hydrogen-bond acceptors (Lipinski definition) is 4. The van der Waals surface area contributed by atoms with Gasteiger partial charge in [0.05, 0.1) is 22.9 Å². The van der Waals surface area contributed by atoms with Crippen molar-refractivity contribution in [1.82, 2.24) is 4.57 Å². The molecule has 1 aromatic heterocycles. The fourth-order valence-corrected chi connectivity index (χ4v) is 4.52. The Bertz CT molecular complexity index is 1400. The molecule has 0 fully saturated rings. The third-order valence-corrected chi connectivity index (χ3v) is 5.85. The Labute approximate surface area is 183 Å². The maximum absolute atomic E-state index is 13.1. The highest BCUT2D eigenvalue weighted by molar-refractivity contribution is 7.16. The van der Waals surface area contributed by atoms with Crippen LogP contribution in [0.2, 0.25) is 0 Å². The summed E-state index contributed by atoms with van der Waals surface area (Å²) in [6.45, 7) is 5.79. The first-order valence-corrected chi connectivity index (χ1v) is 10.5. The van der Waals surface area contributed by atoms with Gasteiger partial charge in [-0.25, -0.2) is 0 Å². The van der Waals surface area contributed by atoms with Crippen LogP contribution in [0.4, 0.5) is 5.69 Å². The lowest BCUT2D eigenvalue weighted by molar-refractivity contribution is -0.114. The van der Waals surface area contributed by atoms with E-state index in [-0.39, 0.29) is 11.8 Å². The monoisotopic (exact) mass is 431 g/mol. The number of ether oxygens (including phenoxy) is 1. The molecule has 0 saturated carbocycles. The van der Waals surface area contributed by atoms with Gasteiger partial charge in [0, 0.05) is 19.2 Å². The van der Waals surface area contributed by atoms with E-state index in [1.807, 2.05) is 53.1 Å². The van der Waals surface area contributed by atoms with Crippen molar-refractivity contribution in [2.75, 3.05) is 12.4 Å². The molecule has 0 bridgehead atoms. The molecule has 7 heteroatoms. The first kappa shape index (κ1) is 20.6. The summed E-state index contributed by atoms with van der Waals surface area (Å²) in [6, 6.07) is 17.1. The summed E-state index contributed by atoms with van der Waals surface area (Å²) in [6.07, 6.45) is 1.76. The van der Waals surface area contributed by atoms with E-state index in [1.165, 1.54) is 18.3 Å². The minimum absolute atomic E-state index is 0.140. The predicted molar refractivity (Wildman–Crippen MR) is 125 cm³/mol. The van der Waals surface area contributed by atoms with Crippen molar-refractivity contribution in [3.05, 3.63) is 77.6 Å². The Morgan fingerprint density at radius 1 is 1.16 bits per heavy atom. The molecule has 0 radical (unpaired) electrons. The molecule has 31 heavy (non-hydrogen) atoms. The number of amides is 2. The van der Waals surface area contributed by atoms with Gasteiger partial charge in [-0.15, -0.1) is 6.58 Å². The number of thiazole rings is 1. The Morgan fingerprint density at radius 2 is 1.90 bits per heavy atom. The number of anilines is 1. The highest BCUT2D eigenvalue weighted by atomic mass is 32.1. The normalized spacial score (nSPS) is 11.6. The zero-order chi connectivity index (χ0) is 22.0. The van der Waals surface area contributed by atoms with Gasteiger partial charge in [0.15, 0.2) is 4.80 Å². The second-order valence-corrected chi connectivity index (χ2v) is 7.97. The molecule has 1 N–H and O–H groups in total. The number of methoxy groups -OCH3 is 1. The number of hydrogen-bond donors (Lipinski definition) is 1. The van der Waals surface area contributed by atoms with Crippen LogP contribution in [0, 0.1) is 0 Å². The van der Waals surface area contributed by atoms with Gasteiger partial charge in [0.2, 0.25) is 5.91 Å². The van der Waals surface area contributed by atoms with Crippen LogP contribution in [-0.2, 0) is 11.3 Å². The molecule has 4 aromatic rings. The maximum Gasteiger partial charge on any atom is 0.283 e. The molecule has 0 aliphatic carbocycles. The molecule has 4 rings (SSSR count). The summed E-state index contributed by atoms with van der Waals surface area (Å²) < 4.78 is 8.30. The van der Waals surface area contributed by atoms with E-state index in [9.17, 15) is 9.59 Å². The standard InChI is InChI=1S/C24H21N3O3S/c1-4-11-27-20-10-9-18(25-15(2)28)14-22(20)31-24(27)26-23(29)19-12-16-7-5-6-8-17(16)13-21(19)30-3/h4-10,12-14H,1,11H2,2-3H3,(H,25,28). The first-order chi connectivity index (χ1) is 15.0. The fraction of sp³-hybridized carbons (Fsp3) is 0.125.